The quantitative estimate of drug-likeness (QED) is 0.337. The number of carbonyl (C=O) groups excluding carboxylic acids is 1. The first kappa shape index (κ1) is 19.3. The summed E-state index contributed by atoms with van der Waals surface area (Å²) in [5.74, 6) is 1.79. The smallest absolute Gasteiger partial charge is 0.164 e. The molecule has 0 saturated heterocycles. The molecule has 1 aliphatic carbocycles. The van der Waals surface area contributed by atoms with E-state index in [0.29, 0.717) is 30.6 Å². The van der Waals surface area contributed by atoms with Gasteiger partial charge in [0.2, 0.25) is 0 Å². The zero-order chi connectivity index (χ0) is 16.4. The van der Waals surface area contributed by atoms with Gasteiger partial charge in [-0.2, -0.15) is 11.8 Å². The zero-order valence-corrected chi connectivity index (χ0v) is 15.3. The van der Waals surface area contributed by atoms with E-state index in [4.69, 9.17) is 16.4 Å². The number of allylic oxidation sites excluding steroid dienone is 2. The van der Waals surface area contributed by atoms with Crippen LogP contribution >= 0.6 is 23.4 Å². The van der Waals surface area contributed by atoms with E-state index in [0.717, 1.165) is 29.9 Å². The Morgan fingerprint density at radius 3 is 2.95 bits per heavy atom. The number of hydrogen-bond donors (Lipinski definition) is 0. The summed E-state index contributed by atoms with van der Waals surface area (Å²) in [6.07, 6.45) is 7.08. The molecule has 0 heterocycles. The van der Waals surface area contributed by atoms with Crippen LogP contribution in [0.25, 0.3) is 0 Å². The van der Waals surface area contributed by atoms with Crippen LogP contribution < -0.4 is 0 Å². The second-order valence-electron chi connectivity index (χ2n) is 5.40. The van der Waals surface area contributed by atoms with Crippen molar-refractivity contribution in [3.63, 3.8) is 0 Å². The number of halogens is 1. The van der Waals surface area contributed by atoms with E-state index >= 15 is 0 Å². The molecule has 2 unspecified atom stereocenters. The normalized spacial score (nSPS) is 21.1. The number of oxime groups is 1. The van der Waals surface area contributed by atoms with Crippen LogP contribution in [0, 0.1) is 5.92 Å². The fraction of sp³-hybridized carbons (Fsp3) is 0.647. The van der Waals surface area contributed by atoms with Gasteiger partial charge in [0.05, 0.1) is 5.71 Å². The maximum atomic E-state index is 12.4. The number of ketones is 1. The second kappa shape index (κ2) is 10.9. The van der Waals surface area contributed by atoms with E-state index in [1.54, 1.807) is 6.08 Å². The van der Waals surface area contributed by atoms with Gasteiger partial charge in [0.25, 0.3) is 0 Å². The van der Waals surface area contributed by atoms with Gasteiger partial charge >= 0.3 is 0 Å². The molecule has 5 heteroatoms. The molecule has 0 N–H and O–H groups in total. The molecule has 0 bridgehead atoms. The summed E-state index contributed by atoms with van der Waals surface area (Å²) in [6, 6.07) is 0. The van der Waals surface area contributed by atoms with Crippen LogP contribution in [0.4, 0.5) is 0 Å². The Labute approximate surface area is 143 Å². The highest BCUT2D eigenvalue weighted by atomic mass is 35.5. The molecule has 0 saturated carbocycles. The van der Waals surface area contributed by atoms with Gasteiger partial charge in [-0.15, -0.1) is 0 Å². The monoisotopic (exact) mass is 343 g/mol. The van der Waals surface area contributed by atoms with Crippen LogP contribution in [0.15, 0.2) is 28.4 Å². The Morgan fingerprint density at radius 2 is 2.36 bits per heavy atom. The van der Waals surface area contributed by atoms with Crippen molar-refractivity contribution in [1.29, 1.82) is 0 Å². The van der Waals surface area contributed by atoms with E-state index in [1.165, 1.54) is 5.54 Å². The maximum absolute atomic E-state index is 12.4. The average molecular weight is 344 g/mol. The molecule has 3 nitrogen and oxygen atoms in total. The molecule has 0 fully saturated rings. The van der Waals surface area contributed by atoms with Gasteiger partial charge in [-0.3, -0.25) is 4.79 Å². The van der Waals surface area contributed by atoms with E-state index in [-0.39, 0.29) is 5.78 Å². The topological polar surface area (TPSA) is 38.7 Å². The second-order valence-corrected chi connectivity index (χ2v) is 7.36. The number of rotatable bonds is 9. The molecular formula is C17H26ClNO2S. The van der Waals surface area contributed by atoms with Crippen molar-refractivity contribution in [2.75, 3.05) is 12.4 Å². The van der Waals surface area contributed by atoms with Crippen molar-refractivity contribution in [2.45, 2.75) is 51.7 Å². The van der Waals surface area contributed by atoms with Gasteiger partial charge < -0.3 is 4.84 Å². The highest BCUT2D eigenvalue weighted by molar-refractivity contribution is 7.99. The minimum absolute atomic E-state index is 0.196. The molecular weight excluding hydrogens is 318 g/mol. The zero-order valence-electron chi connectivity index (χ0n) is 13.7. The van der Waals surface area contributed by atoms with Gasteiger partial charge in [-0.25, -0.2) is 0 Å². The molecule has 124 valence electrons. The Bertz CT molecular complexity index is 446. The van der Waals surface area contributed by atoms with E-state index in [2.05, 4.69) is 19.0 Å². The number of hydrogen-bond acceptors (Lipinski definition) is 4. The summed E-state index contributed by atoms with van der Waals surface area (Å²) in [6.45, 7) is 6.73. The molecule has 1 rings (SSSR count). The third-order valence-corrected chi connectivity index (χ3v) is 4.90. The molecule has 0 radical (unpaired) electrons. The first-order valence-electron chi connectivity index (χ1n) is 7.91. The predicted octanol–water partition coefficient (Wildman–Crippen LogP) is 4.96. The molecule has 2 atom stereocenters. The van der Waals surface area contributed by atoms with Crippen molar-refractivity contribution in [2.24, 2.45) is 11.1 Å². The molecule has 0 aromatic heterocycles. The molecule has 1 aliphatic rings. The van der Waals surface area contributed by atoms with Crippen molar-refractivity contribution in [3.05, 3.63) is 23.3 Å². The van der Waals surface area contributed by atoms with Gasteiger partial charge in [0.15, 0.2) is 5.78 Å². The minimum Gasteiger partial charge on any atom is -0.391 e. The van der Waals surface area contributed by atoms with E-state index in [1.807, 2.05) is 24.8 Å². The largest absolute Gasteiger partial charge is 0.391 e. The summed E-state index contributed by atoms with van der Waals surface area (Å²) in [7, 11) is 0. The fourth-order valence-electron chi connectivity index (χ4n) is 2.63. The minimum atomic E-state index is 0.196. The van der Waals surface area contributed by atoms with Crippen LogP contribution in [0.1, 0.15) is 46.5 Å². The Balaban J connectivity index is 2.63. The van der Waals surface area contributed by atoms with Crippen LogP contribution in [-0.4, -0.2) is 29.1 Å². The molecule has 0 spiro atoms. The molecule has 22 heavy (non-hydrogen) atoms. The van der Waals surface area contributed by atoms with Crippen LogP contribution in [0.5, 0.6) is 0 Å². The number of Topliss-reactive ketones (excluding diaryl/α,β-unsaturated/α-hetero) is 1. The molecule has 0 aliphatic heterocycles. The van der Waals surface area contributed by atoms with Gasteiger partial charge in [-0.1, -0.05) is 43.6 Å². The Morgan fingerprint density at radius 1 is 1.59 bits per heavy atom. The lowest BCUT2D eigenvalue weighted by molar-refractivity contribution is -0.116. The van der Waals surface area contributed by atoms with Crippen LogP contribution in [0.3, 0.4) is 0 Å². The van der Waals surface area contributed by atoms with E-state index in [9.17, 15) is 4.79 Å². The highest BCUT2D eigenvalue weighted by Gasteiger charge is 2.25. The summed E-state index contributed by atoms with van der Waals surface area (Å²) >= 11 is 7.39. The lowest BCUT2D eigenvalue weighted by Gasteiger charge is -2.23. The van der Waals surface area contributed by atoms with Crippen molar-refractivity contribution < 1.29 is 9.63 Å². The molecule has 0 aromatic carbocycles. The van der Waals surface area contributed by atoms with Crippen molar-refractivity contribution in [3.8, 4) is 0 Å². The summed E-state index contributed by atoms with van der Waals surface area (Å²) < 4.78 is 0. The first-order chi connectivity index (χ1) is 10.6. The van der Waals surface area contributed by atoms with Gasteiger partial charge in [0, 0.05) is 22.8 Å². The maximum Gasteiger partial charge on any atom is 0.164 e. The lowest BCUT2D eigenvalue weighted by Crippen LogP contribution is -2.22. The molecule has 0 aromatic rings. The fourth-order valence-corrected chi connectivity index (χ4v) is 3.68. The SMILES string of the molecule is CCSC(C)CC1CC=C(C(CC)=NOCC=CCl)C(=O)C1. The van der Waals surface area contributed by atoms with Crippen molar-refractivity contribution >= 4 is 34.9 Å². The lowest BCUT2D eigenvalue weighted by atomic mass is 9.84. The average Bonchev–Trinajstić information content (AvgIpc) is 2.49. The third-order valence-electron chi connectivity index (χ3n) is 3.63. The predicted molar refractivity (Wildman–Crippen MR) is 96.7 cm³/mol. The number of nitrogens with zero attached hydrogens (tertiary/aromatic N) is 1. The standard InChI is InChI=1S/C17H26ClNO2S/c1-4-16(19-21-10-6-9-18)15-8-7-14(12-17(15)20)11-13(3)22-5-2/h6,8-9,13-14H,4-5,7,10-12H2,1-3H3. The van der Waals surface area contributed by atoms with Gasteiger partial charge in [0.1, 0.15) is 6.61 Å². The number of carbonyl (C=O) groups is 1. The summed E-state index contributed by atoms with van der Waals surface area (Å²) in [4.78, 5) is 17.6. The number of thioether (sulfide) groups is 1. The van der Waals surface area contributed by atoms with E-state index < -0.39 is 0 Å². The Hall–Kier alpha value is -0.740. The third kappa shape index (κ3) is 6.57. The molecule has 0 amide bonds. The van der Waals surface area contributed by atoms with Crippen molar-refractivity contribution in [1.82, 2.24) is 0 Å². The summed E-state index contributed by atoms with van der Waals surface area (Å²) in [5.41, 5.74) is 2.87. The van der Waals surface area contributed by atoms with Crippen LogP contribution in [0.2, 0.25) is 0 Å². The first-order valence-corrected chi connectivity index (χ1v) is 9.40. The summed E-state index contributed by atoms with van der Waals surface area (Å²) in [5, 5.41) is 4.70. The highest BCUT2D eigenvalue weighted by Crippen LogP contribution is 2.29. The van der Waals surface area contributed by atoms with Crippen LogP contribution in [-0.2, 0) is 9.63 Å². The van der Waals surface area contributed by atoms with Gasteiger partial charge in [-0.05, 0) is 37.0 Å². The Kier molecular flexibility index (Phi) is 9.56.